The Bertz CT molecular complexity index is 461. The van der Waals surface area contributed by atoms with Crippen molar-refractivity contribution in [3.05, 3.63) is 29.8 Å². The molecule has 1 rings (SSSR count). The summed E-state index contributed by atoms with van der Waals surface area (Å²) in [5.41, 5.74) is 0.899. The van der Waals surface area contributed by atoms with Crippen LogP contribution >= 0.6 is 0 Å². The maximum Gasteiger partial charge on any atom is 0.310 e. The fourth-order valence-corrected chi connectivity index (χ4v) is 2.60. The van der Waals surface area contributed by atoms with Crippen LogP contribution in [-0.4, -0.2) is 20.9 Å². The number of benzene rings is 1. The molecule has 0 aliphatic rings. The molecule has 0 aliphatic carbocycles. The SMILES string of the molecule is CCOC(=O)Cc1ccccc1O[Si](C)(C)C(C)(C)C. The summed E-state index contributed by atoms with van der Waals surface area (Å²) in [5, 5.41) is 0.129. The van der Waals surface area contributed by atoms with Crippen molar-refractivity contribution in [3.8, 4) is 5.75 Å². The second-order valence-corrected chi connectivity index (χ2v) is 11.2. The standard InChI is InChI=1S/C16H26O3Si/c1-7-18-15(17)12-13-10-8-9-11-14(13)19-20(5,6)16(2,3)4/h8-11H,7,12H2,1-6H3. The Labute approximate surface area is 123 Å². The van der Waals surface area contributed by atoms with Gasteiger partial charge >= 0.3 is 5.97 Å². The van der Waals surface area contributed by atoms with Crippen molar-refractivity contribution >= 4 is 14.3 Å². The first-order chi connectivity index (χ1) is 9.17. The Kier molecular flexibility index (Phi) is 5.40. The lowest BCUT2D eigenvalue weighted by molar-refractivity contribution is -0.142. The third kappa shape index (κ3) is 4.37. The van der Waals surface area contributed by atoms with E-state index in [1.54, 1.807) is 0 Å². The molecule has 0 saturated carbocycles. The van der Waals surface area contributed by atoms with Crippen LogP contribution < -0.4 is 4.43 Å². The predicted octanol–water partition coefficient (Wildman–Crippen LogP) is 4.18. The molecule has 0 aromatic heterocycles. The molecule has 4 heteroatoms. The van der Waals surface area contributed by atoms with E-state index in [2.05, 4.69) is 33.9 Å². The van der Waals surface area contributed by atoms with Gasteiger partial charge in [-0.15, -0.1) is 0 Å². The van der Waals surface area contributed by atoms with E-state index in [-0.39, 0.29) is 17.4 Å². The zero-order valence-corrected chi connectivity index (χ0v) is 14.4. The summed E-state index contributed by atoms with van der Waals surface area (Å²) >= 11 is 0. The molecule has 0 atom stereocenters. The lowest BCUT2D eigenvalue weighted by atomic mass is 10.1. The Balaban J connectivity index is 2.94. The van der Waals surface area contributed by atoms with Gasteiger partial charge in [0.25, 0.3) is 0 Å². The van der Waals surface area contributed by atoms with E-state index in [1.807, 2.05) is 31.2 Å². The van der Waals surface area contributed by atoms with Gasteiger partial charge in [-0.1, -0.05) is 39.0 Å². The normalized spacial score (nSPS) is 12.1. The van der Waals surface area contributed by atoms with Crippen LogP contribution in [0.15, 0.2) is 24.3 Å². The number of ether oxygens (including phenoxy) is 1. The summed E-state index contributed by atoms with van der Waals surface area (Å²) in [6.07, 6.45) is 0.263. The fraction of sp³-hybridized carbons (Fsp3) is 0.562. The Morgan fingerprint density at radius 2 is 1.80 bits per heavy atom. The van der Waals surface area contributed by atoms with Crippen LogP contribution in [0.1, 0.15) is 33.3 Å². The van der Waals surface area contributed by atoms with Crippen LogP contribution in [0.25, 0.3) is 0 Å². The van der Waals surface area contributed by atoms with E-state index in [0.717, 1.165) is 11.3 Å². The first-order valence-electron chi connectivity index (χ1n) is 7.10. The van der Waals surface area contributed by atoms with E-state index < -0.39 is 8.32 Å². The van der Waals surface area contributed by atoms with Crippen LogP contribution in [0.4, 0.5) is 0 Å². The van der Waals surface area contributed by atoms with Crippen LogP contribution in [0.5, 0.6) is 5.75 Å². The largest absolute Gasteiger partial charge is 0.543 e. The number of carbonyl (C=O) groups excluding carboxylic acids is 1. The molecule has 0 bridgehead atoms. The highest BCUT2D eigenvalue weighted by atomic mass is 28.4. The van der Waals surface area contributed by atoms with Crippen LogP contribution in [0.2, 0.25) is 18.1 Å². The summed E-state index contributed by atoms with van der Waals surface area (Å²) in [4.78, 5) is 11.7. The summed E-state index contributed by atoms with van der Waals surface area (Å²) in [6, 6.07) is 7.73. The fourth-order valence-electron chi connectivity index (χ4n) is 1.54. The molecule has 0 fully saturated rings. The number of hydrogen-bond donors (Lipinski definition) is 0. The molecule has 112 valence electrons. The molecule has 3 nitrogen and oxygen atoms in total. The van der Waals surface area contributed by atoms with Crippen LogP contribution in [0.3, 0.4) is 0 Å². The molecule has 20 heavy (non-hydrogen) atoms. The maximum absolute atomic E-state index is 11.7. The zero-order chi connectivity index (χ0) is 15.4. The molecule has 0 radical (unpaired) electrons. The lowest BCUT2D eigenvalue weighted by Gasteiger charge is -2.37. The van der Waals surface area contributed by atoms with E-state index in [0.29, 0.717) is 6.61 Å². The number of hydrogen-bond acceptors (Lipinski definition) is 3. The van der Waals surface area contributed by atoms with Crippen molar-refractivity contribution in [1.29, 1.82) is 0 Å². The molecule has 0 N–H and O–H groups in total. The maximum atomic E-state index is 11.7. The van der Waals surface area contributed by atoms with Gasteiger partial charge in [-0.25, -0.2) is 0 Å². The van der Waals surface area contributed by atoms with Crippen LogP contribution in [-0.2, 0) is 16.0 Å². The highest BCUT2D eigenvalue weighted by Gasteiger charge is 2.39. The van der Waals surface area contributed by atoms with Crippen molar-refractivity contribution in [3.63, 3.8) is 0 Å². The molecule has 0 spiro atoms. The van der Waals surface area contributed by atoms with Crippen LogP contribution in [0, 0.1) is 0 Å². The minimum atomic E-state index is -1.90. The van der Waals surface area contributed by atoms with Crippen molar-refractivity contribution in [2.45, 2.75) is 52.2 Å². The molecule has 0 unspecified atom stereocenters. The van der Waals surface area contributed by atoms with Gasteiger partial charge in [0, 0.05) is 5.56 Å². The lowest BCUT2D eigenvalue weighted by Crippen LogP contribution is -2.44. The molecule has 1 aromatic carbocycles. The van der Waals surface area contributed by atoms with Crippen molar-refractivity contribution in [2.24, 2.45) is 0 Å². The Morgan fingerprint density at radius 1 is 1.20 bits per heavy atom. The Morgan fingerprint density at radius 3 is 2.35 bits per heavy atom. The van der Waals surface area contributed by atoms with E-state index in [1.165, 1.54) is 0 Å². The number of carbonyl (C=O) groups is 1. The first kappa shape index (κ1) is 16.8. The third-order valence-electron chi connectivity index (χ3n) is 3.78. The molecule has 0 aliphatic heterocycles. The van der Waals surface area contributed by atoms with Gasteiger partial charge in [0.05, 0.1) is 13.0 Å². The molecule has 0 saturated heterocycles. The smallest absolute Gasteiger partial charge is 0.310 e. The zero-order valence-electron chi connectivity index (χ0n) is 13.4. The van der Waals surface area contributed by atoms with Gasteiger partial charge in [0.15, 0.2) is 0 Å². The van der Waals surface area contributed by atoms with Gasteiger partial charge in [-0.05, 0) is 31.1 Å². The number of rotatable bonds is 5. The average Bonchev–Trinajstić information content (AvgIpc) is 2.30. The topological polar surface area (TPSA) is 35.5 Å². The monoisotopic (exact) mass is 294 g/mol. The average molecular weight is 294 g/mol. The third-order valence-corrected chi connectivity index (χ3v) is 8.13. The second kappa shape index (κ2) is 6.44. The molecule has 0 amide bonds. The minimum absolute atomic E-state index is 0.129. The summed E-state index contributed by atoms with van der Waals surface area (Å²) in [7, 11) is -1.90. The first-order valence-corrected chi connectivity index (χ1v) is 10.0. The quantitative estimate of drug-likeness (QED) is 0.604. The summed E-state index contributed by atoms with van der Waals surface area (Å²) < 4.78 is 11.3. The minimum Gasteiger partial charge on any atom is -0.543 e. The summed E-state index contributed by atoms with van der Waals surface area (Å²) in [5.74, 6) is 0.603. The summed E-state index contributed by atoms with van der Waals surface area (Å²) in [6.45, 7) is 13.2. The van der Waals surface area contributed by atoms with E-state index in [4.69, 9.17) is 9.16 Å². The molecule has 1 aromatic rings. The van der Waals surface area contributed by atoms with Crippen molar-refractivity contribution < 1.29 is 14.0 Å². The van der Waals surface area contributed by atoms with Gasteiger partial charge in [0.1, 0.15) is 5.75 Å². The van der Waals surface area contributed by atoms with Gasteiger partial charge < -0.3 is 9.16 Å². The predicted molar refractivity (Wildman–Crippen MR) is 84.6 cm³/mol. The van der Waals surface area contributed by atoms with E-state index in [9.17, 15) is 4.79 Å². The molecular weight excluding hydrogens is 268 g/mol. The molecule has 0 heterocycles. The highest BCUT2D eigenvalue weighted by molar-refractivity contribution is 6.74. The number of esters is 1. The van der Waals surface area contributed by atoms with Crippen molar-refractivity contribution in [1.82, 2.24) is 0 Å². The van der Waals surface area contributed by atoms with Gasteiger partial charge in [-0.3, -0.25) is 4.79 Å². The Hall–Kier alpha value is -1.29. The second-order valence-electron chi connectivity index (χ2n) is 6.45. The number of para-hydroxylation sites is 1. The molecular formula is C16H26O3Si. The highest BCUT2D eigenvalue weighted by Crippen LogP contribution is 2.38. The van der Waals surface area contributed by atoms with E-state index >= 15 is 0 Å². The van der Waals surface area contributed by atoms with Gasteiger partial charge in [-0.2, -0.15) is 0 Å². The van der Waals surface area contributed by atoms with Crippen molar-refractivity contribution in [2.75, 3.05) is 6.61 Å². The van der Waals surface area contributed by atoms with Gasteiger partial charge in [0.2, 0.25) is 8.32 Å².